The molecule has 15 heavy (non-hydrogen) atoms. The van der Waals surface area contributed by atoms with Gasteiger partial charge < -0.3 is 10.5 Å². The summed E-state index contributed by atoms with van der Waals surface area (Å²) in [6.45, 7) is 6.20. The molecule has 0 bridgehead atoms. The van der Waals surface area contributed by atoms with Crippen molar-refractivity contribution >= 4 is 0 Å². The van der Waals surface area contributed by atoms with Crippen LogP contribution in [0.3, 0.4) is 0 Å². The Balaban J connectivity index is 2.04. The molecule has 3 atom stereocenters. The summed E-state index contributed by atoms with van der Waals surface area (Å²) in [6.07, 6.45) is 4.84. The molecule has 1 fully saturated rings. The van der Waals surface area contributed by atoms with Gasteiger partial charge in [-0.3, -0.25) is 4.68 Å². The first-order valence-corrected chi connectivity index (χ1v) is 5.40. The van der Waals surface area contributed by atoms with Gasteiger partial charge in [0.25, 0.3) is 0 Å². The number of rotatable bonds is 2. The molecule has 0 radical (unpaired) electrons. The van der Waals surface area contributed by atoms with Crippen molar-refractivity contribution in [3.8, 4) is 0 Å². The molecule has 4 heteroatoms. The standard InChI is InChI=1S/C11H19N3O/c1-11(2,3)15-9-7-8(12)10(9)14-6-4-5-13-14/h4-6,8-10H,7,12H2,1-3H3/t8-,9+,10-/m0/s1. The zero-order valence-corrected chi connectivity index (χ0v) is 9.55. The monoisotopic (exact) mass is 209 g/mol. The normalized spacial score (nSPS) is 31.3. The minimum atomic E-state index is -0.115. The van der Waals surface area contributed by atoms with Gasteiger partial charge in [0.2, 0.25) is 0 Å². The number of hydrogen-bond acceptors (Lipinski definition) is 3. The van der Waals surface area contributed by atoms with E-state index in [9.17, 15) is 0 Å². The first kappa shape index (κ1) is 10.6. The zero-order chi connectivity index (χ0) is 11.1. The highest BCUT2D eigenvalue weighted by Gasteiger charge is 2.43. The van der Waals surface area contributed by atoms with E-state index in [-0.39, 0.29) is 23.8 Å². The quantitative estimate of drug-likeness (QED) is 0.799. The lowest BCUT2D eigenvalue weighted by Gasteiger charge is -2.45. The van der Waals surface area contributed by atoms with E-state index in [0.29, 0.717) is 0 Å². The maximum absolute atomic E-state index is 5.98. The Bertz CT molecular complexity index is 315. The van der Waals surface area contributed by atoms with Crippen molar-refractivity contribution in [2.75, 3.05) is 0 Å². The Labute approximate surface area is 90.4 Å². The van der Waals surface area contributed by atoms with Gasteiger partial charge in [-0.2, -0.15) is 5.10 Å². The fraction of sp³-hybridized carbons (Fsp3) is 0.727. The minimum absolute atomic E-state index is 0.115. The molecule has 1 aromatic rings. The number of nitrogens with zero attached hydrogens (tertiary/aromatic N) is 2. The summed E-state index contributed by atoms with van der Waals surface area (Å²) in [7, 11) is 0. The topological polar surface area (TPSA) is 53.1 Å². The van der Waals surface area contributed by atoms with Gasteiger partial charge in [-0.1, -0.05) is 0 Å². The van der Waals surface area contributed by atoms with Crippen molar-refractivity contribution in [1.29, 1.82) is 0 Å². The Kier molecular flexibility index (Phi) is 2.56. The number of aromatic nitrogens is 2. The Hall–Kier alpha value is -0.870. The molecule has 84 valence electrons. The molecule has 0 amide bonds. The molecule has 1 aliphatic carbocycles. The molecular weight excluding hydrogens is 190 g/mol. The van der Waals surface area contributed by atoms with E-state index in [2.05, 4.69) is 25.9 Å². The number of hydrogen-bond donors (Lipinski definition) is 1. The first-order valence-electron chi connectivity index (χ1n) is 5.40. The van der Waals surface area contributed by atoms with Crippen LogP contribution in [0.5, 0.6) is 0 Å². The molecule has 0 aliphatic heterocycles. The van der Waals surface area contributed by atoms with E-state index in [4.69, 9.17) is 10.5 Å². The van der Waals surface area contributed by atoms with E-state index in [1.54, 1.807) is 6.20 Å². The highest BCUT2D eigenvalue weighted by Crippen LogP contribution is 2.35. The molecule has 1 aromatic heterocycles. The molecule has 0 unspecified atom stereocenters. The van der Waals surface area contributed by atoms with Gasteiger partial charge in [0.05, 0.1) is 17.7 Å². The third-order valence-corrected chi connectivity index (χ3v) is 2.66. The average molecular weight is 209 g/mol. The fourth-order valence-electron chi connectivity index (χ4n) is 2.02. The summed E-state index contributed by atoms with van der Waals surface area (Å²) in [5.74, 6) is 0. The summed E-state index contributed by atoms with van der Waals surface area (Å²) in [5.41, 5.74) is 5.87. The van der Waals surface area contributed by atoms with Crippen LogP contribution in [0.15, 0.2) is 18.5 Å². The molecule has 1 saturated carbocycles. The van der Waals surface area contributed by atoms with Crippen molar-refractivity contribution in [2.24, 2.45) is 5.73 Å². The Morgan fingerprint density at radius 2 is 2.20 bits per heavy atom. The lowest BCUT2D eigenvalue weighted by atomic mass is 9.83. The molecule has 1 aliphatic rings. The van der Waals surface area contributed by atoms with Gasteiger partial charge in [0.15, 0.2) is 0 Å². The smallest absolute Gasteiger partial charge is 0.0932 e. The first-order chi connectivity index (χ1) is 6.97. The van der Waals surface area contributed by atoms with Crippen LogP contribution in [0.1, 0.15) is 33.2 Å². The summed E-state index contributed by atoms with van der Waals surface area (Å²) in [4.78, 5) is 0. The third kappa shape index (κ3) is 2.21. The minimum Gasteiger partial charge on any atom is -0.370 e. The van der Waals surface area contributed by atoms with Gasteiger partial charge in [0.1, 0.15) is 0 Å². The molecule has 0 spiro atoms. The second-order valence-electron chi connectivity index (χ2n) is 5.14. The van der Waals surface area contributed by atoms with Crippen LogP contribution in [0.4, 0.5) is 0 Å². The molecule has 1 heterocycles. The predicted octanol–water partition coefficient (Wildman–Crippen LogP) is 1.34. The molecule has 0 saturated heterocycles. The van der Waals surface area contributed by atoms with Crippen LogP contribution in [-0.2, 0) is 4.74 Å². The van der Waals surface area contributed by atoms with Crippen LogP contribution < -0.4 is 5.73 Å². The summed E-state index contributed by atoms with van der Waals surface area (Å²) >= 11 is 0. The van der Waals surface area contributed by atoms with E-state index in [1.165, 1.54) is 0 Å². The van der Waals surface area contributed by atoms with Crippen LogP contribution in [0, 0.1) is 0 Å². The van der Waals surface area contributed by atoms with Gasteiger partial charge in [-0.25, -0.2) is 0 Å². The van der Waals surface area contributed by atoms with Gasteiger partial charge in [0, 0.05) is 18.4 Å². The van der Waals surface area contributed by atoms with Crippen LogP contribution in [0.2, 0.25) is 0 Å². The van der Waals surface area contributed by atoms with E-state index in [1.807, 2.05) is 16.9 Å². The second-order valence-corrected chi connectivity index (χ2v) is 5.14. The molecular formula is C11H19N3O. The Morgan fingerprint density at radius 3 is 2.67 bits per heavy atom. The SMILES string of the molecule is CC(C)(C)O[C@@H]1C[C@H](N)[C@@H]1n1cccn1. The highest BCUT2D eigenvalue weighted by molar-refractivity contribution is 5.00. The van der Waals surface area contributed by atoms with Gasteiger partial charge in [-0.15, -0.1) is 0 Å². The van der Waals surface area contributed by atoms with Crippen molar-refractivity contribution in [3.63, 3.8) is 0 Å². The maximum Gasteiger partial charge on any atom is 0.0932 e. The van der Waals surface area contributed by atoms with E-state index in [0.717, 1.165) is 6.42 Å². The van der Waals surface area contributed by atoms with Crippen molar-refractivity contribution < 1.29 is 4.74 Å². The average Bonchev–Trinajstić information content (AvgIpc) is 2.53. The number of ether oxygens (including phenoxy) is 1. The van der Waals surface area contributed by atoms with Crippen LogP contribution in [0.25, 0.3) is 0 Å². The van der Waals surface area contributed by atoms with Crippen molar-refractivity contribution in [1.82, 2.24) is 9.78 Å². The van der Waals surface area contributed by atoms with Crippen LogP contribution >= 0.6 is 0 Å². The van der Waals surface area contributed by atoms with Gasteiger partial charge in [-0.05, 0) is 33.3 Å². The van der Waals surface area contributed by atoms with E-state index >= 15 is 0 Å². The molecule has 0 aromatic carbocycles. The largest absolute Gasteiger partial charge is 0.370 e. The van der Waals surface area contributed by atoms with Crippen molar-refractivity contribution in [2.45, 2.75) is 51.0 Å². The number of nitrogens with two attached hydrogens (primary N) is 1. The Morgan fingerprint density at radius 1 is 1.47 bits per heavy atom. The van der Waals surface area contributed by atoms with Crippen molar-refractivity contribution in [3.05, 3.63) is 18.5 Å². The lowest BCUT2D eigenvalue weighted by Crippen LogP contribution is -2.55. The summed E-state index contributed by atoms with van der Waals surface area (Å²) in [5, 5.41) is 4.23. The molecule has 2 N–H and O–H groups in total. The molecule has 2 rings (SSSR count). The predicted molar refractivity (Wildman–Crippen MR) is 58.5 cm³/mol. The lowest BCUT2D eigenvalue weighted by molar-refractivity contribution is -0.129. The van der Waals surface area contributed by atoms with E-state index < -0.39 is 0 Å². The summed E-state index contributed by atoms with van der Waals surface area (Å²) in [6, 6.07) is 2.27. The molecule has 4 nitrogen and oxygen atoms in total. The zero-order valence-electron chi connectivity index (χ0n) is 9.55. The van der Waals surface area contributed by atoms with Crippen LogP contribution in [-0.4, -0.2) is 27.5 Å². The maximum atomic E-state index is 5.98. The second kappa shape index (κ2) is 3.61. The fourth-order valence-corrected chi connectivity index (χ4v) is 2.02. The third-order valence-electron chi connectivity index (χ3n) is 2.66. The van der Waals surface area contributed by atoms with Gasteiger partial charge >= 0.3 is 0 Å². The highest BCUT2D eigenvalue weighted by atomic mass is 16.5. The summed E-state index contributed by atoms with van der Waals surface area (Å²) < 4.78 is 7.85.